The molecular formula is C11H6F5N3O2. The molecule has 0 saturated heterocycles. The third kappa shape index (κ3) is 2.98. The van der Waals surface area contributed by atoms with Crippen molar-refractivity contribution in [1.29, 1.82) is 0 Å². The van der Waals surface area contributed by atoms with E-state index >= 15 is 0 Å². The molecule has 5 nitrogen and oxygen atoms in total. The monoisotopic (exact) mass is 307 g/mol. The molecule has 0 radical (unpaired) electrons. The fourth-order valence-corrected chi connectivity index (χ4v) is 1.61. The van der Waals surface area contributed by atoms with E-state index in [0.29, 0.717) is 4.68 Å². The van der Waals surface area contributed by atoms with Crippen molar-refractivity contribution in [2.24, 2.45) is 0 Å². The number of nitro groups is 1. The van der Waals surface area contributed by atoms with E-state index in [4.69, 9.17) is 0 Å². The number of nitro benzene ring substituents is 1. The molecule has 112 valence electrons. The van der Waals surface area contributed by atoms with Crippen LogP contribution >= 0.6 is 0 Å². The Morgan fingerprint density at radius 2 is 1.76 bits per heavy atom. The van der Waals surface area contributed by atoms with Crippen LogP contribution in [0.4, 0.5) is 27.6 Å². The highest BCUT2D eigenvalue weighted by Crippen LogP contribution is 2.32. The van der Waals surface area contributed by atoms with E-state index in [-0.39, 0.29) is 17.4 Å². The molecule has 0 aliphatic rings. The Morgan fingerprint density at radius 3 is 2.19 bits per heavy atom. The molecule has 0 N–H and O–H groups in total. The van der Waals surface area contributed by atoms with Crippen molar-refractivity contribution in [2.45, 2.75) is 12.6 Å². The number of aromatic nitrogens is 2. The van der Waals surface area contributed by atoms with Gasteiger partial charge >= 0.3 is 6.18 Å². The zero-order valence-corrected chi connectivity index (χ0v) is 10.0. The average Bonchev–Trinajstić information content (AvgIpc) is 2.83. The first kappa shape index (κ1) is 14.9. The number of benzene rings is 1. The van der Waals surface area contributed by atoms with Gasteiger partial charge in [-0.25, -0.2) is 13.5 Å². The van der Waals surface area contributed by atoms with Gasteiger partial charge in [-0.15, -0.1) is 0 Å². The molecule has 0 saturated carbocycles. The van der Waals surface area contributed by atoms with Crippen LogP contribution in [-0.2, 0) is 6.18 Å². The Morgan fingerprint density at radius 1 is 1.19 bits per heavy atom. The smallest absolute Gasteiger partial charge is 0.258 e. The summed E-state index contributed by atoms with van der Waals surface area (Å²) in [5, 5.41) is 13.6. The van der Waals surface area contributed by atoms with Gasteiger partial charge in [0, 0.05) is 12.1 Å². The lowest BCUT2D eigenvalue weighted by Crippen LogP contribution is -2.07. The standard InChI is InChI=1S/C11H6F5N3O2/c12-10(13)8-5-9(11(14,15)16)17-18(8)6-1-3-7(4-2-6)19(20)21/h1-5,10H. The lowest BCUT2D eigenvalue weighted by molar-refractivity contribution is -0.384. The Hall–Kier alpha value is -2.52. The molecule has 21 heavy (non-hydrogen) atoms. The molecular weight excluding hydrogens is 301 g/mol. The van der Waals surface area contributed by atoms with Gasteiger partial charge in [-0.2, -0.15) is 18.3 Å². The summed E-state index contributed by atoms with van der Waals surface area (Å²) >= 11 is 0. The molecule has 10 heteroatoms. The van der Waals surface area contributed by atoms with Gasteiger partial charge in [-0.3, -0.25) is 10.1 Å². The first-order valence-corrected chi connectivity index (χ1v) is 5.40. The van der Waals surface area contributed by atoms with E-state index in [2.05, 4.69) is 5.10 Å². The van der Waals surface area contributed by atoms with Crippen molar-refractivity contribution >= 4 is 5.69 Å². The van der Waals surface area contributed by atoms with Crippen LogP contribution in [0.2, 0.25) is 0 Å². The molecule has 1 heterocycles. The van der Waals surface area contributed by atoms with Crippen LogP contribution in [0.5, 0.6) is 0 Å². The summed E-state index contributed by atoms with van der Waals surface area (Å²) < 4.78 is 63.5. The van der Waals surface area contributed by atoms with Crippen molar-refractivity contribution in [3.8, 4) is 5.69 Å². The van der Waals surface area contributed by atoms with E-state index in [1.807, 2.05) is 0 Å². The van der Waals surface area contributed by atoms with Crippen molar-refractivity contribution in [1.82, 2.24) is 9.78 Å². The second kappa shape index (κ2) is 5.11. The molecule has 2 aromatic rings. The maximum Gasteiger partial charge on any atom is 0.435 e. The SMILES string of the molecule is O=[N+]([O-])c1ccc(-n2nc(C(F)(F)F)cc2C(F)F)cc1. The number of alkyl halides is 5. The Labute approximate surface area is 113 Å². The fraction of sp³-hybridized carbons (Fsp3) is 0.182. The molecule has 0 bridgehead atoms. The van der Waals surface area contributed by atoms with Gasteiger partial charge in [-0.05, 0) is 18.2 Å². The number of non-ortho nitro benzene ring substituents is 1. The Balaban J connectivity index is 2.51. The third-order valence-electron chi connectivity index (χ3n) is 2.56. The lowest BCUT2D eigenvalue weighted by atomic mass is 10.3. The summed E-state index contributed by atoms with van der Waals surface area (Å²) in [7, 11) is 0. The van der Waals surface area contributed by atoms with Gasteiger partial charge in [0.25, 0.3) is 12.1 Å². The van der Waals surface area contributed by atoms with Gasteiger partial charge in [0.2, 0.25) is 0 Å². The van der Waals surface area contributed by atoms with E-state index in [0.717, 1.165) is 24.3 Å². The second-order valence-electron chi connectivity index (χ2n) is 3.94. The maximum absolute atomic E-state index is 12.8. The van der Waals surface area contributed by atoms with Crippen LogP contribution in [0.3, 0.4) is 0 Å². The summed E-state index contributed by atoms with van der Waals surface area (Å²) in [6.45, 7) is 0. The summed E-state index contributed by atoms with van der Waals surface area (Å²) in [4.78, 5) is 9.75. The van der Waals surface area contributed by atoms with Crippen molar-refractivity contribution in [3.63, 3.8) is 0 Å². The largest absolute Gasteiger partial charge is 0.435 e. The van der Waals surface area contributed by atoms with Gasteiger partial charge < -0.3 is 0 Å². The van der Waals surface area contributed by atoms with E-state index < -0.39 is 28.9 Å². The Kier molecular flexibility index (Phi) is 3.62. The van der Waals surface area contributed by atoms with E-state index in [9.17, 15) is 32.1 Å². The third-order valence-corrected chi connectivity index (χ3v) is 2.56. The molecule has 0 aliphatic heterocycles. The van der Waals surface area contributed by atoms with Crippen molar-refractivity contribution in [2.75, 3.05) is 0 Å². The molecule has 1 aromatic heterocycles. The summed E-state index contributed by atoms with van der Waals surface area (Å²) in [6, 6.07) is 4.29. The maximum atomic E-state index is 12.8. The lowest BCUT2D eigenvalue weighted by Gasteiger charge is -2.06. The highest BCUT2D eigenvalue weighted by molar-refractivity contribution is 5.41. The predicted octanol–water partition coefficient (Wildman–Crippen LogP) is 3.74. The predicted molar refractivity (Wildman–Crippen MR) is 60.2 cm³/mol. The van der Waals surface area contributed by atoms with E-state index in [1.54, 1.807) is 0 Å². The molecule has 0 atom stereocenters. The van der Waals surface area contributed by atoms with Crippen molar-refractivity contribution < 1.29 is 26.9 Å². The van der Waals surface area contributed by atoms with Crippen molar-refractivity contribution in [3.05, 3.63) is 51.8 Å². The van der Waals surface area contributed by atoms with Gasteiger partial charge in [-0.1, -0.05) is 0 Å². The molecule has 0 unspecified atom stereocenters. The first-order chi connectivity index (χ1) is 9.70. The number of hydrogen-bond donors (Lipinski definition) is 0. The van der Waals surface area contributed by atoms with E-state index in [1.165, 1.54) is 0 Å². The number of halogens is 5. The van der Waals surface area contributed by atoms with Crippen LogP contribution in [-0.4, -0.2) is 14.7 Å². The molecule has 2 rings (SSSR count). The minimum atomic E-state index is -4.87. The Bertz CT molecular complexity index is 663. The van der Waals surface area contributed by atoms with Crippen LogP contribution in [0, 0.1) is 10.1 Å². The van der Waals surface area contributed by atoms with Crippen LogP contribution in [0.15, 0.2) is 30.3 Å². The minimum absolute atomic E-state index is 0.133. The first-order valence-electron chi connectivity index (χ1n) is 5.40. The topological polar surface area (TPSA) is 61.0 Å². The fourth-order valence-electron chi connectivity index (χ4n) is 1.61. The molecule has 0 aliphatic carbocycles. The number of hydrogen-bond acceptors (Lipinski definition) is 3. The number of nitrogens with zero attached hydrogens (tertiary/aromatic N) is 3. The van der Waals surface area contributed by atoms with Gasteiger partial charge in [0.15, 0.2) is 5.69 Å². The normalized spacial score (nSPS) is 11.9. The molecule has 0 amide bonds. The van der Waals surface area contributed by atoms with Gasteiger partial charge in [0.1, 0.15) is 5.69 Å². The van der Waals surface area contributed by atoms with Crippen LogP contribution < -0.4 is 0 Å². The average molecular weight is 307 g/mol. The highest BCUT2D eigenvalue weighted by Gasteiger charge is 2.36. The van der Waals surface area contributed by atoms with Crippen LogP contribution in [0.1, 0.15) is 17.8 Å². The summed E-state index contributed by atoms with van der Waals surface area (Å²) in [5.41, 5.74) is -2.86. The zero-order valence-electron chi connectivity index (χ0n) is 10.0. The van der Waals surface area contributed by atoms with Crippen LogP contribution in [0.25, 0.3) is 5.69 Å². The minimum Gasteiger partial charge on any atom is -0.258 e. The molecule has 0 spiro atoms. The second-order valence-corrected chi connectivity index (χ2v) is 3.94. The summed E-state index contributed by atoms with van der Waals surface area (Å²) in [5.74, 6) is 0. The number of rotatable bonds is 3. The quantitative estimate of drug-likeness (QED) is 0.493. The highest BCUT2D eigenvalue weighted by atomic mass is 19.4. The molecule has 0 fully saturated rings. The summed E-state index contributed by atoms with van der Waals surface area (Å²) in [6.07, 6.45) is -8.04. The zero-order chi connectivity index (χ0) is 15.8. The van der Waals surface area contributed by atoms with Gasteiger partial charge in [0.05, 0.1) is 10.6 Å². The molecule has 1 aromatic carbocycles.